The van der Waals surface area contributed by atoms with Crippen LogP contribution in [0.4, 0.5) is 5.69 Å². The van der Waals surface area contributed by atoms with Gasteiger partial charge in [0, 0.05) is 12.1 Å². The number of carbonyl (C=O) groups is 2. The number of ether oxygens (including phenoxy) is 1. The SMILES string of the molecule is CCNC(=O)CNC(=O)c1cccc(S(=O)(=O)Nc2ccccc2OC)c1. The lowest BCUT2D eigenvalue weighted by molar-refractivity contribution is -0.120. The highest BCUT2D eigenvalue weighted by atomic mass is 32.2. The maximum atomic E-state index is 12.6. The Morgan fingerprint density at radius 3 is 2.48 bits per heavy atom. The highest BCUT2D eigenvalue weighted by Crippen LogP contribution is 2.26. The summed E-state index contributed by atoms with van der Waals surface area (Å²) in [6, 6.07) is 12.1. The maximum Gasteiger partial charge on any atom is 0.262 e. The number of para-hydroxylation sites is 2. The van der Waals surface area contributed by atoms with Crippen LogP contribution in [0, 0.1) is 0 Å². The Morgan fingerprint density at radius 1 is 1.04 bits per heavy atom. The molecule has 0 aromatic heterocycles. The van der Waals surface area contributed by atoms with Gasteiger partial charge in [-0.1, -0.05) is 18.2 Å². The van der Waals surface area contributed by atoms with Gasteiger partial charge in [-0.2, -0.15) is 0 Å². The Balaban J connectivity index is 2.18. The van der Waals surface area contributed by atoms with Crippen LogP contribution >= 0.6 is 0 Å². The summed E-state index contributed by atoms with van der Waals surface area (Å²) in [7, 11) is -2.49. The van der Waals surface area contributed by atoms with Crippen molar-refractivity contribution < 1.29 is 22.7 Å². The summed E-state index contributed by atoms with van der Waals surface area (Å²) in [6.07, 6.45) is 0. The minimum atomic E-state index is -3.93. The molecular weight excluding hydrogens is 370 g/mol. The Labute approximate surface area is 158 Å². The van der Waals surface area contributed by atoms with E-state index in [-0.39, 0.29) is 28.6 Å². The molecule has 0 saturated carbocycles. The van der Waals surface area contributed by atoms with Gasteiger partial charge in [0.15, 0.2) is 0 Å². The van der Waals surface area contributed by atoms with Crippen LogP contribution in [0.2, 0.25) is 0 Å². The lowest BCUT2D eigenvalue weighted by Crippen LogP contribution is -2.36. The largest absolute Gasteiger partial charge is 0.495 e. The average Bonchev–Trinajstić information content (AvgIpc) is 2.66. The predicted octanol–water partition coefficient (Wildman–Crippen LogP) is 1.36. The Hall–Kier alpha value is -3.07. The van der Waals surface area contributed by atoms with Crippen LogP contribution in [-0.2, 0) is 14.8 Å². The van der Waals surface area contributed by atoms with E-state index in [0.29, 0.717) is 12.3 Å². The number of hydrogen-bond acceptors (Lipinski definition) is 5. The zero-order valence-corrected chi connectivity index (χ0v) is 15.8. The summed E-state index contributed by atoms with van der Waals surface area (Å²) >= 11 is 0. The molecular formula is C18H21N3O5S. The molecule has 0 aliphatic carbocycles. The van der Waals surface area contributed by atoms with Gasteiger partial charge in [0.25, 0.3) is 15.9 Å². The fourth-order valence-electron chi connectivity index (χ4n) is 2.26. The van der Waals surface area contributed by atoms with Gasteiger partial charge in [0.1, 0.15) is 5.75 Å². The van der Waals surface area contributed by atoms with Crippen LogP contribution < -0.4 is 20.1 Å². The van der Waals surface area contributed by atoms with Gasteiger partial charge in [-0.15, -0.1) is 0 Å². The first-order chi connectivity index (χ1) is 12.9. The number of benzene rings is 2. The molecule has 0 unspecified atom stereocenters. The maximum absolute atomic E-state index is 12.6. The molecule has 8 nitrogen and oxygen atoms in total. The van der Waals surface area contributed by atoms with Crippen molar-refractivity contribution in [3.05, 3.63) is 54.1 Å². The van der Waals surface area contributed by atoms with E-state index in [2.05, 4.69) is 15.4 Å². The zero-order chi connectivity index (χ0) is 19.9. The monoisotopic (exact) mass is 391 g/mol. The standard InChI is InChI=1S/C18H21N3O5S/c1-3-19-17(22)12-20-18(23)13-7-6-8-14(11-13)27(24,25)21-15-9-4-5-10-16(15)26-2/h4-11,21H,3,12H2,1-2H3,(H,19,22)(H,20,23). The highest BCUT2D eigenvalue weighted by Gasteiger charge is 2.18. The predicted molar refractivity (Wildman–Crippen MR) is 101 cm³/mol. The number of hydrogen-bond donors (Lipinski definition) is 3. The molecule has 0 heterocycles. The summed E-state index contributed by atoms with van der Waals surface area (Å²) in [6.45, 7) is 2.03. The number of likely N-dealkylation sites (N-methyl/N-ethyl adjacent to an activating group) is 1. The second kappa shape index (κ2) is 9.04. The van der Waals surface area contributed by atoms with E-state index in [1.807, 2.05) is 0 Å². The smallest absolute Gasteiger partial charge is 0.262 e. The molecule has 2 rings (SSSR count). The summed E-state index contributed by atoms with van der Waals surface area (Å²) in [5, 5.41) is 5.00. The van der Waals surface area contributed by atoms with Crippen LogP contribution in [0.25, 0.3) is 0 Å². The summed E-state index contributed by atoms with van der Waals surface area (Å²) in [5.74, 6) is -0.500. The number of sulfonamides is 1. The first kappa shape index (κ1) is 20.2. The van der Waals surface area contributed by atoms with Gasteiger partial charge in [0.05, 0.1) is 24.2 Å². The lowest BCUT2D eigenvalue weighted by atomic mass is 10.2. The Kier molecular flexibility index (Phi) is 6.78. The fraction of sp³-hybridized carbons (Fsp3) is 0.222. The van der Waals surface area contributed by atoms with Gasteiger partial charge >= 0.3 is 0 Å². The van der Waals surface area contributed by atoms with Crippen molar-refractivity contribution in [2.75, 3.05) is 24.9 Å². The number of carbonyl (C=O) groups excluding carboxylic acids is 2. The van der Waals surface area contributed by atoms with E-state index < -0.39 is 15.9 Å². The van der Waals surface area contributed by atoms with Gasteiger partial charge in [0.2, 0.25) is 5.91 Å². The van der Waals surface area contributed by atoms with Crippen LogP contribution in [0.3, 0.4) is 0 Å². The highest BCUT2D eigenvalue weighted by molar-refractivity contribution is 7.92. The third-order valence-corrected chi connectivity index (χ3v) is 4.90. The molecule has 0 spiro atoms. The van der Waals surface area contributed by atoms with Crippen molar-refractivity contribution in [3.8, 4) is 5.75 Å². The number of nitrogens with one attached hydrogen (secondary N) is 3. The van der Waals surface area contributed by atoms with Crippen molar-refractivity contribution in [3.63, 3.8) is 0 Å². The van der Waals surface area contributed by atoms with Crippen molar-refractivity contribution in [1.82, 2.24) is 10.6 Å². The second-order valence-electron chi connectivity index (χ2n) is 5.47. The van der Waals surface area contributed by atoms with Gasteiger partial charge < -0.3 is 15.4 Å². The van der Waals surface area contributed by atoms with Crippen molar-refractivity contribution in [1.29, 1.82) is 0 Å². The quantitative estimate of drug-likeness (QED) is 0.629. The van der Waals surface area contributed by atoms with Crippen molar-refractivity contribution in [2.24, 2.45) is 0 Å². The Morgan fingerprint density at radius 2 is 1.78 bits per heavy atom. The van der Waals surface area contributed by atoms with Gasteiger partial charge in [-0.05, 0) is 37.3 Å². The van der Waals surface area contributed by atoms with E-state index in [0.717, 1.165) is 0 Å². The minimum absolute atomic E-state index is 0.0842. The van der Waals surface area contributed by atoms with Gasteiger partial charge in [-0.3, -0.25) is 14.3 Å². The third-order valence-electron chi connectivity index (χ3n) is 3.54. The third kappa shape index (κ3) is 5.45. The molecule has 2 aromatic carbocycles. The van der Waals surface area contributed by atoms with Crippen molar-refractivity contribution in [2.45, 2.75) is 11.8 Å². The minimum Gasteiger partial charge on any atom is -0.495 e. The topological polar surface area (TPSA) is 114 Å². The molecule has 0 atom stereocenters. The fourth-order valence-corrected chi connectivity index (χ4v) is 3.38. The van der Waals surface area contributed by atoms with E-state index >= 15 is 0 Å². The first-order valence-electron chi connectivity index (χ1n) is 8.18. The van der Waals surface area contributed by atoms with E-state index in [1.54, 1.807) is 31.2 Å². The molecule has 0 aliphatic heterocycles. The molecule has 0 fully saturated rings. The molecule has 3 N–H and O–H groups in total. The molecule has 0 bridgehead atoms. The van der Waals surface area contributed by atoms with E-state index in [9.17, 15) is 18.0 Å². The lowest BCUT2D eigenvalue weighted by Gasteiger charge is -2.12. The summed E-state index contributed by atoms with van der Waals surface area (Å²) in [4.78, 5) is 23.5. The Bertz CT molecular complexity index is 928. The molecule has 2 aromatic rings. The van der Waals surface area contributed by atoms with Crippen LogP contribution in [0.1, 0.15) is 17.3 Å². The van der Waals surface area contributed by atoms with Gasteiger partial charge in [-0.25, -0.2) is 8.42 Å². The zero-order valence-electron chi connectivity index (χ0n) is 15.0. The number of methoxy groups -OCH3 is 1. The van der Waals surface area contributed by atoms with Crippen LogP contribution in [0.5, 0.6) is 5.75 Å². The van der Waals surface area contributed by atoms with Crippen LogP contribution in [-0.4, -0.2) is 40.4 Å². The second-order valence-corrected chi connectivity index (χ2v) is 7.15. The number of anilines is 1. The summed E-state index contributed by atoms with van der Waals surface area (Å²) in [5.41, 5.74) is 0.410. The van der Waals surface area contributed by atoms with E-state index in [4.69, 9.17) is 4.74 Å². The normalized spacial score (nSPS) is 10.7. The number of rotatable bonds is 8. The average molecular weight is 391 g/mol. The molecule has 0 radical (unpaired) electrons. The molecule has 0 aliphatic rings. The molecule has 0 saturated heterocycles. The molecule has 9 heteroatoms. The molecule has 2 amide bonds. The summed E-state index contributed by atoms with van der Waals surface area (Å²) < 4.78 is 32.8. The first-order valence-corrected chi connectivity index (χ1v) is 9.66. The van der Waals surface area contributed by atoms with Crippen molar-refractivity contribution >= 4 is 27.5 Å². The number of amides is 2. The molecule has 144 valence electrons. The molecule has 27 heavy (non-hydrogen) atoms. The van der Waals surface area contributed by atoms with E-state index in [1.165, 1.54) is 31.4 Å². The van der Waals surface area contributed by atoms with Crippen LogP contribution in [0.15, 0.2) is 53.4 Å².